The summed E-state index contributed by atoms with van der Waals surface area (Å²) in [7, 11) is 2.22. The third-order valence-electron chi connectivity index (χ3n) is 4.47. The lowest BCUT2D eigenvalue weighted by Crippen LogP contribution is -2.61. The highest BCUT2D eigenvalue weighted by molar-refractivity contribution is 5.37. The van der Waals surface area contributed by atoms with E-state index in [0.717, 1.165) is 24.7 Å². The monoisotopic (exact) mass is 232 g/mol. The van der Waals surface area contributed by atoms with Gasteiger partial charge in [-0.1, -0.05) is 6.92 Å². The molecule has 2 atom stereocenters. The van der Waals surface area contributed by atoms with Crippen LogP contribution in [-0.4, -0.2) is 47.6 Å². The number of rotatable bonds is 2. The summed E-state index contributed by atoms with van der Waals surface area (Å²) in [6, 6.07) is 2.65. The number of hydrogen-bond donors (Lipinski definition) is 0. The second kappa shape index (κ2) is 3.67. The maximum Gasteiger partial charge on any atom is 0.225 e. The quantitative estimate of drug-likeness (QED) is 0.769. The van der Waals surface area contributed by atoms with Gasteiger partial charge in [-0.05, 0) is 26.5 Å². The third-order valence-corrected chi connectivity index (χ3v) is 4.47. The average molecular weight is 232 g/mol. The Morgan fingerprint density at radius 3 is 2.88 bits per heavy atom. The number of fused-ring (bicyclic) bond motifs is 1. The minimum atomic E-state index is 0.488. The fraction of sp³-hybridized carbons (Fsp3) is 0.692. The molecular formula is C13H20N4. The standard InChI is InChI=1S/C13H20N4/c1-4-13-8-16(3)11(13)7-17(9-13)12-14-6-5-10(2)15-12/h5-6,11H,4,7-9H2,1-3H3/t11-,13+/m0/s1. The second-order valence-corrected chi connectivity index (χ2v) is 5.53. The molecule has 2 aliphatic rings. The van der Waals surface area contributed by atoms with Crippen molar-refractivity contribution in [2.75, 3.05) is 31.6 Å². The van der Waals surface area contributed by atoms with Crippen LogP contribution >= 0.6 is 0 Å². The fourth-order valence-electron chi connectivity index (χ4n) is 3.41. The zero-order valence-electron chi connectivity index (χ0n) is 10.8. The SMILES string of the molecule is CC[C@@]12CN(c3nccc(C)n3)C[C@@H]1N(C)C2. The average Bonchev–Trinajstić information content (AvgIpc) is 2.62. The van der Waals surface area contributed by atoms with E-state index < -0.39 is 0 Å². The van der Waals surface area contributed by atoms with E-state index in [1.54, 1.807) is 0 Å². The van der Waals surface area contributed by atoms with Crippen LogP contribution < -0.4 is 4.90 Å². The van der Waals surface area contributed by atoms with Gasteiger partial charge in [0.15, 0.2) is 0 Å². The highest BCUT2D eigenvalue weighted by Gasteiger charge is 2.55. The van der Waals surface area contributed by atoms with Gasteiger partial charge in [0.1, 0.15) is 0 Å². The van der Waals surface area contributed by atoms with Crippen molar-refractivity contribution >= 4 is 5.95 Å². The Labute approximate surface area is 103 Å². The Bertz CT molecular complexity index is 433. The van der Waals surface area contributed by atoms with Gasteiger partial charge in [0.05, 0.1) is 0 Å². The molecule has 2 aliphatic heterocycles. The number of anilines is 1. The van der Waals surface area contributed by atoms with Gasteiger partial charge >= 0.3 is 0 Å². The number of aryl methyl sites for hydroxylation is 1. The van der Waals surface area contributed by atoms with Crippen LogP contribution in [0.5, 0.6) is 0 Å². The number of aromatic nitrogens is 2. The Balaban J connectivity index is 1.84. The lowest BCUT2D eigenvalue weighted by molar-refractivity contribution is -0.0189. The predicted molar refractivity (Wildman–Crippen MR) is 68.1 cm³/mol. The van der Waals surface area contributed by atoms with E-state index >= 15 is 0 Å². The van der Waals surface area contributed by atoms with Crippen molar-refractivity contribution in [1.29, 1.82) is 0 Å². The lowest BCUT2D eigenvalue weighted by Gasteiger charge is -2.51. The van der Waals surface area contributed by atoms with Crippen LogP contribution in [0.4, 0.5) is 5.95 Å². The molecule has 0 spiro atoms. The van der Waals surface area contributed by atoms with Crippen LogP contribution in [-0.2, 0) is 0 Å². The summed E-state index contributed by atoms with van der Waals surface area (Å²) in [6.07, 6.45) is 3.12. The van der Waals surface area contributed by atoms with E-state index in [0.29, 0.717) is 11.5 Å². The minimum Gasteiger partial charge on any atom is -0.339 e. The molecule has 0 radical (unpaired) electrons. The predicted octanol–water partition coefficient (Wildman–Crippen LogP) is 1.32. The number of hydrogen-bond acceptors (Lipinski definition) is 4. The molecule has 0 amide bonds. The second-order valence-electron chi connectivity index (χ2n) is 5.53. The van der Waals surface area contributed by atoms with Crippen molar-refractivity contribution in [3.63, 3.8) is 0 Å². The van der Waals surface area contributed by atoms with Crippen LogP contribution in [0.1, 0.15) is 19.0 Å². The van der Waals surface area contributed by atoms with Crippen LogP contribution in [0.3, 0.4) is 0 Å². The molecule has 92 valence electrons. The summed E-state index contributed by atoms with van der Waals surface area (Å²) < 4.78 is 0. The maximum absolute atomic E-state index is 4.54. The van der Waals surface area contributed by atoms with E-state index in [1.807, 2.05) is 19.2 Å². The highest BCUT2D eigenvalue weighted by atomic mass is 15.4. The van der Waals surface area contributed by atoms with Gasteiger partial charge < -0.3 is 9.80 Å². The summed E-state index contributed by atoms with van der Waals surface area (Å²) in [4.78, 5) is 13.8. The molecule has 4 nitrogen and oxygen atoms in total. The molecule has 3 rings (SSSR count). The van der Waals surface area contributed by atoms with E-state index in [9.17, 15) is 0 Å². The Morgan fingerprint density at radius 2 is 2.29 bits per heavy atom. The molecule has 2 saturated heterocycles. The summed E-state index contributed by atoms with van der Waals surface area (Å²) in [5.74, 6) is 0.903. The topological polar surface area (TPSA) is 32.3 Å². The molecule has 4 heteroatoms. The number of likely N-dealkylation sites (tertiary alicyclic amines) is 1. The first kappa shape index (κ1) is 11.0. The van der Waals surface area contributed by atoms with Crippen molar-refractivity contribution in [2.24, 2.45) is 5.41 Å². The largest absolute Gasteiger partial charge is 0.339 e. The maximum atomic E-state index is 4.54. The zero-order valence-corrected chi connectivity index (χ0v) is 10.8. The van der Waals surface area contributed by atoms with E-state index in [-0.39, 0.29) is 0 Å². The normalized spacial score (nSPS) is 32.4. The lowest BCUT2D eigenvalue weighted by atomic mass is 9.72. The number of nitrogens with zero attached hydrogens (tertiary/aromatic N) is 4. The molecule has 1 aromatic rings. The van der Waals surface area contributed by atoms with E-state index in [2.05, 4.69) is 33.7 Å². The summed E-state index contributed by atoms with van der Waals surface area (Å²) >= 11 is 0. The third kappa shape index (κ3) is 1.54. The molecule has 17 heavy (non-hydrogen) atoms. The van der Waals surface area contributed by atoms with Gasteiger partial charge in [0.2, 0.25) is 5.95 Å². The molecule has 0 saturated carbocycles. The van der Waals surface area contributed by atoms with Gasteiger partial charge in [-0.2, -0.15) is 0 Å². The van der Waals surface area contributed by atoms with E-state index in [4.69, 9.17) is 0 Å². The van der Waals surface area contributed by atoms with Crippen LogP contribution in [0.15, 0.2) is 12.3 Å². The van der Waals surface area contributed by atoms with Crippen LogP contribution in [0, 0.1) is 12.3 Å². The highest BCUT2D eigenvalue weighted by Crippen LogP contribution is 2.45. The molecule has 0 N–H and O–H groups in total. The Hall–Kier alpha value is -1.16. The van der Waals surface area contributed by atoms with Crippen LogP contribution in [0.2, 0.25) is 0 Å². The molecule has 0 bridgehead atoms. The van der Waals surface area contributed by atoms with Gasteiger partial charge in [0.25, 0.3) is 0 Å². The molecule has 0 unspecified atom stereocenters. The molecule has 1 aromatic heterocycles. The van der Waals surface area contributed by atoms with Crippen molar-refractivity contribution in [2.45, 2.75) is 26.3 Å². The van der Waals surface area contributed by atoms with Gasteiger partial charge in [-0.15, -0.1) is 0 Å². The van der Waals surface area contributed by atoms with Crippen molar-refractivity contribution in [1.82, 2.24) is 14.9 Å². The van der Waals surface area contributed by atoms with Gasteiger partial charge in [0, 0.05) is 43.0 Å². The molecule has 0 aliphatic carbocycles. The van der Waals surface area contributed by atoms with Gasteiger partial charge in [-0.3, -0.25) is 0 Å². The minimum absolute atomic E-state index is 0.488. The summed E-state index contributed by atoms with van der Waals surface area (Å²) in [6.45, 7) is 7.74. The van der Waals surface area contributed by atoms with Gasteiger partial charge in [-0.25, -0.2) is 9.97 Å². The summed E-state index contributed by atoms with van der Waals surface area (Å²) in [5, 5.41) is 0. The summed E-state index contributed by atoms with van der Waals surface area (Å²) in [5.41, 5.74) is 1.54. The first-order valence-corrected chi connectivity index (χ1v) is 6.39. The van der Waals surface area contributed by atoms with Crippen molar-refractivity contribution in [3.8, 4) is 0 Å². The molecule has 0 aromatic carbocycles. The molecule has 2 fully saturated rings. The smallest absolute Gasteiger partial charge is 0.225 e. The number of likely N-dealkylation sites (N-methyl/N-ethyl adjacent to an activating group) is 1. The zero-order chi connectivity index (χ0) is 12.0. The fourth-order valence-corrected chi connectivity index (χ4v) is 3.41. The van der Waals surface area contributed by atoms with Crippen molar-refractivity contribution < 1.29 is 0 Å². The van der Waals surface area contributed by atoms with Crippen molar-refractivity contribution in [3.05, 3.63) is 18.0 Å². The Kier molecular flexibility index (Phi) is 2.36. The first-order valence-electron chi connectivity index (χ1n) is 6.39. The Morgan fingerprint density at radius 1 is 1.47 bits per heavy atom. The molecule has 3 heterocycles. The molecular weight excluding hydrogens is 212 g/mol. The first-order chi connectivity index (χ1) is 8.14. The van der Waals surface area contributed by atoms with E-state index in [1.165, 1.54) is 13.0 Å². The van der Waals surface area contributed by atoms with Crippen LogP contribution in [0.25, 0.3) is 0 Å².